The molecular formula is C12H23N5O2S. The molecule has 1 saturated heterocycles. The molecule has 7 nitrogen and oxygen atoms in total. The van der Waals surface area contributed by atoms with Crippen LogP contribution in [0, 0.1) is 19.8 Å². The third-order valence-electron chi connectivity index (χ3n) is 3.77. The number of hydrogen-bond acceptors (Lipinski definition) is 4. The van der Waals surface area contributed by atoms with Crippen LogP contribution in [-0.2, 0) is 10.2 Å². The number of anilines is 1. The SMILES string of the molecule is CNCC1CCN(S(=O)(=O)Nc2c(C)n[nH]c2C)CC1. The molecule has 2 heterocycles. The molecule has 20 heavy (non-hydrogen) atoms. The standard InChI is InChI=1S/C12H23N5O2S/c1-9-12(10(2)15-14-9)16-20(18,19)17-6-4-11(5-7-17)8-13-3/h11,13,16H,4-8H2,1-3H3,(H,14,15). The van der Waals surface area contributed by atoms with Crippen molar-refractivity contribution in [3.63, 3.8) is 0 Å². The summed E-state index contributed by atoms with van der Waals surface area (Å²) in [6.07, 6.45) is 1.79. The van der Waals surface area contributed by atoms with Crippen LogP contribution < -0.4 is 10.0 Å². The van der Waals surface area contributed by atoms with Crippen LogP contribution in [0.15, 0.2) is 0 Å². The van der Waals surface area contributed by atoms with Crippen molar-refractivity contribution in [2.24, 2.45) is 5.92 Å². The van der Waals surface area contributed by atoms with E-state index < -0.39 is 10.2 Å². The van der Waals surface area contributed by atoms with Gasteiger partial charge in [0.25, 0.3) is 0 Å². The highest BCUT2D eigenvalue weighted by molar-refractivity contribution is 7.90. The Kier molecular flexibility index (Phi) is 4.66. The van der Waals surface area contributed by atoms with Crippen molar-refractivity contribution in [3.8, 4) is 0 Å². The minimum Gasteiger partial charge on any atom is -0.319 e. The van der Waals surface area contributed by atoms with Gasteiger partial charge in [-0.15, -0.1) is 0 Å². The number of nitrogens with one attached hydrogen (secondary N) is 3. The Morgan fingerprint density at radius 1 is 1.35 bits per heavy atom. The van der Waals surface area contributed by atoms with E-state index in [-0.39, 0.29) is 0 Å². The maximum absolute atomic E-state index is 12.4. The summed E-state index contributed by atoms with van der Waals surface area (Å²) in [7, 11) is -1.56. The van der Waals surface area contributed by atoms with Crippen LogP contribution in [0.2, 0.25) is 0 Å². The average molecular weight is 301 g/mol. The number of aromatic nitrogens is 2. The third-order valence-corrected chi connectivity index (χ3v) is 5.27. The Bertz CT molecular complexity index is 527. The van der Waals surface area contributed by atoms with Crippen LogP contribution in [0.25, 0.3) is 0 Å². The van der Waals surface area contributed by atoms with E-state index in [0.29, 0.717) is 30.4 Å². The van der Waals surface area contributed by atoms with E-state index in [4.69, 9.17) is 0 Å². The summed E-state index contributed by atoms with van der Waals surface area (Å²) < 4.78 is 28.9. The number of aryl methyl sites for hydroxylation is 2. The molecule has 1 aliphatic heterocycles. The van der Waals surface area contributed by atoms with Gasteiger partial charge >= 0.3 is 10.2 Å². The molecule has 0 bridgehead atoms. The van der Waals surface area contributed by atoms with Gasteiger partial charge in [0.05, 0.1) is 17.1 Å². The lowest BCUT2D eigenvalue weighted by Gasteiger charge is -2.31. The zero-order valence-electron chi connectivity index (χ0n) is 12.2. The molecule has 0 aromatic carbocycles. The Hall–Kier alpha value is -1.12. The van der Waals surface area contributed by atoms with E-state index in [1.807, 2.05) is 7.05 Å². The van der Waals surface area contributed by atoms with Gasteiger partial charge in [0.15, 0.2) is 0 Å². The molecule has 1 fully saturated rings. The highest BCUT2D eigenvalue weighted by Gasteiger charge is 2.28. The number of H-pyrrole nitrogens is 1. The zero-order chi connectivity index (χ0) is 14.8. The van der Waals surface area contributed by atoms with Crippen molar-refractivity contribution in [2.45, 2.75) is 26.7 Å². The molecule has 0 aliphatic carbocycles. The number of hydrogen-bond donors (Lipinski definition) is 3. The predicted octanol–water partition coefficient (Wildman–Crippen LogP) is 0.615. The first-order valence-corrected chi connectivity index (χ1v) is 8.32. The van der Waals surface area contributed by atoms with Gasteiger partial charge in [-0.1, -0.05) is 0 Å². The van der Waals surface area contributed by atoms with Crippen molar-refractivity contribution in [3.05, 3.63) is 11.4 Å². The van der Waals surface area contributed by atoms with Gasteiger partial charge in [0.1, 0.15) is 0 Å². The summed E-state index contributed by atoms with van der Waals surface area (Å²) in [6.45, 7) is 5.66. The lowest BCUT2D eigenvalue weighted by molar-refractivity contribution is 0.272. The molecular weight excluding hydrogens is 278 g/mol. The molecule has 1 aromatic rings. The zero-order valence-corrected chi connectivity index (χ0v) is 13.0. The third kappa shape index (κ3) is 3.31. The second kappa shape index (κ2) is 6.11. The molecule has 114 valence electrons. The quantitative estimate of drug-likeness (QED) is 0.743. The Morgan fingerprint density at radius 2 is 2.00 bits per heavy atom. The fourth-order valence-electron chi connectivity index (χ4n) is 2.54. The van der Waals surface area contributed by atoms with Crippen molar-refractivity contribution in [1.29, 1.82) is 0 Å². The van der Waals surface area contributed by atoms with Crippen LogP contribution in [0.5, 0.6) is 0 Å². The lowest BCUT2D eigenvalue weighted by atomic mass is 9.98. The molecule has 8 heteroatoms. The van der Waals surface area contributed by atoms with Crippen molar-refractivity contribution in [2.75, 3.05) is 31.4 Å². The van der Waals surface area contributed by atoms with Crippen molar-refractivity contribution < 1.29 is 8.42 Å². The molecule has 0 saturated carbocycles. The van der Waals surface area contributed by atoms with E-state index in [1.54, 1.807) is 13.8 Å². The van der Waals surface area contributed by atoms with Gasteiger partial charge in [-0.3, -0.25) is 9.82 Å². The number of rotatable bonds is 5. The van der Waals surface area contributed by atoms with E-state index in [1.165, 1.54) is 4.31 Å². The van der Waals surface area contributed by atoms with Crippen LogP contribution in [-0.4, -0.2) is 49.6 Å². The smallest absolute Gasteiger partial charge is 0.301 e. The van der Waals surface area contributed by atoms with Crippen LogP contribution >= 0.6 is 0 Å². The first-order valence-electron chi connectivity index (χ1n) is 6.88. The van der Waals surface area contributed by atoms with E-state index >= 15 is 0 Å². The minimum atomic E-state index is -3.49. The first-order chi connectivity index (χ1) is 9.44. The number of nitrogens with zero attached hydrogens (tertiary/aromatic N) is 2. The Balaban J connectivity index is 2.02. The monoisotopic (exact) mass is 301 g/mol. The van der Waals surface area contributed by atoms with Gasteiger partial charge in [-0.25, -0.2) is 0 Å². The molecule has 0 radical (unpaired) electrons. The number of aromatic amines is 1. The van der Waals surface area contributed by atoms with Crippen molar-refractivity contribution >= 4 is 15.9 Å². The largest absolute Gasteiger partial charge is 0.319 e. The molecule has 3 N–H and O–H groups in total. The topological polar surface area (TPSA) is 90.1 Å². The Labute approximate surface area is 120 Å². The molecule has 2 rings (SSSR count). The molecule has 0 amide bonds. The van der Waals surface area contributed by atoms with Crippen molar-refractivity contribution in [1.82, 2.24) is 19.8 Å². The summed E-state index contributed by atoms with van der Waals surface area (Å²) in [6, 6.07) is 0. The van der Waals surface area contributed by atoms with Gasteiger partial charge in [0, 0.05) is 13.1 Å². The molecule has 0 spiro atoms. The second-order valence-electron chi connectivity index (χ2n) is 5.32. The predicted molar refractivity (Wildman–Crippen MR) is 78.8 cm³/mol. The summed E-state index contributed by atoms with van der Waals surface area (Å²) in [4.78, 5) is 0. The normalized spacial score (nSPS) is 18.4. The van der Waals surface area contributed by atoms with E-state index in [9.17, 15) is 8.42 Å². The van der Waals surface area contributed by atoms with E-state index in [0.717, 1.165) is 25.1 Å². The van der Waals surface area contributed by atoms with Crippen LogP contribution in [0.3, 0.4) is 0 Å². The maximum atomic E-state index is 12.4. The summed E-state index contributed by atoms with van der Waals surface area (Å²) in [5.74, 6) is 0.559. The minimum absolute atomic E-state index is 0.558. The summed E-state index contributed by atoms with van der Waals surface area (Å²) >= 11 is 0. The molecule has 1 aliphatic rings. The molecule has 0 unspecified atom stereocenters. The van der Waals surface area contributed by atoms with Gasteiger partial charge in [0.2, 0.25) is 0 Å². The van der Waals surface area contributed by atoms with Gasteiger partial charge in [-0.05, 0) is 46.2 Å². The second-order valence-corrected chi connectivity index (χ2v) is 6.99. The average Bonchev–Trinajstić information content (AvgIpc) is 2.71. The fraction of sp³-hybridized carbons (Fsp3) is 0.750. The van der Waals surface area contributed by atoms with Crippen LogP contribution in [0.4, 0.5) is 5.69 Å². The van der Waals surface area contributed by atoms with Gasteiger partial charge < -0.3 is 5.32 Å². The van der Waals surface area contributed by atoms with Gasteiger partial charge in [-0.2, -0.15) is 17.8 Å². The van der Waals surface area contributed by atoms with Crippen LogP contribution in [0.1, 0.15) is 24.2 Å². The van der Waals surface area contributed by atoms with E-state index in [2.05, 4.69) is 20.2 Å². The summed E-state index contributed by atoms with van der Waals surface area (Å²) in [5.41, 5.74) is 1.95. The first kappa shape index (κ1) is 15.3. The Morgan fingerprint density at radius 3 is 2.50 bits per heavy atom. The number of piperidine rings is 1. The lowest BCUT2D eigenvalue weighted by Crippen LogP contribution is -2.43. The summed E-state index contributed by atoms with van der Waals surface area (Å²) in [5, 5.41) is 9.93. The molecule has 0 atom stereocenters. The fourth-order valence-corrected chi connectivity index (χ4v) is 3.92. The highest BCUT2D eigenvalue weighted by atomic mass is 32.2. The highest BCUT2D eigenvalue weighted by Crippen LogP contribution is 2.23. The molecule has 1 aromatic heterocycles. The maximum Gasteiger partial charge on any atom is 0.301 e.